The molecule has 0 atom stereocenters. The van der Waals surface area contributed by atoms with Crippen molar-refractivity contribution in [1.82, 2.24) is 0 Å². The van der Waals surface area contributed by atoms with E-state index in [0.717, 1.165) is 44.0 Å². The van der Waals surface area contributed by atoms with E-state index in [1.165, 1.54) is 11.3 Å². The highest BCUT2D eigenvalue weighted by molar-refractivity contribution is 5.92. The highest BCUT2D eigenvalue weighted by Gasteiger charge is 2.20. The van der Waals surface area contributed by atoms with Crippen molar-refractivity contribution < 1.29 is 14.4 Å². The third-order valence-electron chi connectivity index (χ3n) is 5.67. The molecule has 1 aliphatic heterocycles. The number of rotatable bonds is 7. The number of carbonyl (C=O) groups excluding carboxylic acids is 1. The molecule has 1 heterocycles. The quantitative estimate of drug-likeness (QED) is 0.623. The van der Waals surface area contributed by atoms with Gasteiger partial charge in [-0.2, -0.15) is 0 Å². The molecule has 31 heavy (non-hydrogen) atoms. The number of quaternary nitrogens is 1. The van der Waals surface area contributed by atoms with Crippen LogP contribution >= 0.6 is 0 Å². The number of piperazine rings is 1. The molecule has 0 bridgehead atoms. The molecule has 1 fully saturated rings. The number of anilines is 2. The molecule has 0 saturated carbocycles. The highest BCUT2D eigenvalue weighted by atomic mass is 16.5. The van der Waals surface area contributed by atoms with E-state index >= 15 is 0 Å². The van der Waals surface area contributed by atoms with Crippen LogP contribution in [-0.4, -0.2) is 38.7 Å². The second kappa shape index (κ2) is 10.1. The van der Waals surface area contributed by atoms with E-state index < -0.39 is 0 Å². The first kappa shape index (κ1) is 20.9. The van der Waals surface area contributed by atoms with E-state index in [1.807, 2.05) is 43.3 Å². The van der Waals surface area contributed by atoms with Gasteiger partial charge in [0.1, 0.15) is 12.3 Å². The fourth-order valence-corrected chi connectivity index (χ4v) is 3.88. The summed E-state index contributed by atoms with van der Waals surface area (Å²) in [4.78, 5) is 16.2. The number of benzene rings is 3. The summed E-state index contributed by atoms with van der Waals surface area (Å²) in [6, 6.07) is 26.5. The normalized spacial score (nSPS) is 14.3. The average molecular weight is 417 g/mol. The first-order chi connectivity index (χ1) is 15.2. The van der Waals surface area contributed by atoms with Crippen molar-refractivity contribution in [3.63, 3.8) is 0 Å². The maximum absolute atomic E-state index is 12.2. The van der Waals surface area contributed by atoms with Gasteiger partial charge >= 0.3 is 0 Å². The van der Waals surface area contributed by atoms with Gasteiger partial charge in [0.2, 0.25) is 0 Å². The molecule has 2 N–H and O–H groups in total. The number of aryl methyl sites for hydroxylation is 1. The lowest BCUT2D eigenvalue weighted by molar-refractivity contribution is -0.914. The summed E-state index contributed by atoms with van der Waals surface area (Å²) in [6.45, 7) is 7.44. The Morgan fingerprint density at radius 3 is 2.29 bits per heavy atom. The van der Waals surface area contributed by atoms with Gasteiger partial charge in [-0.05, 0) is 43.3 Å². The number of nitrogens with one attached hydrogen (secondary N) is 2. The Morgan fingerprint density at radius 2 is 1.61 bits per heavy atom. The zero-order valence-electron chi connectivity index (χ0n) is 18.0. The Morgan fingerprint density at radius 1 is 0.935 bits per heavy atom. The van der Waals surface area contributed by atoms with Gasteiger partial charge in [0.25, 0.3) is 5.91 Å². The fraction of sp³-hybridized carbons (Fsp3) is 0.269. The van der Waals surface area contributed by atoms with Gasteiger partial charge in [-0.3, -0.25) is 4.79 Å². The van der Waals surface area contributed by atoms with Crippen LogP contribution < -0.4 is 19.9 Å². The van der Waals surface area contributed by atoms with Gasteiger partial charge < -0.3 is 19.9 Å². The Balaban J connectivity index is 1.23. The molecule has 5 heteroatoms. The molecule has 160 valence electrons. The van der Waals surface area contributed by atoms with Crippen LogP contribution in [0, 0.1) is 6.92 Å². The lowest BCUT2D eigenvalue weighted by atomic mass is 10.2. The minimum absolute atomic E-state index is 0.00301. The van der Waals surface area contributed by atoms with E-state index in [0.29, 0.717) is 5.75 Å². The van der Waals surface area contributed by atoms with Gasteiger partial charge in [-0.25, -0.2) is 0 Å². The van der Waals surface area contributed by atoms with Crippen LogP contribution in [-0.2, 0) is 11.3 Å². The molecular weight excluding hydrogens is 386 g/mol. The maximum Gasteiger partial charge on any atom is 0.262 e. The van der Waals surface area contributed by atoms with Crippen LogP contribution in [0.3, 0.4) is 0 Å². The predicted octanol–water partition coefficient (Wildman–Crippen LogP) is 2.92. The number of hydrogen-bond donors (Lipinski definition) is 2. The molecule has 0 aliphatic carbocycles. The lowest BCUT2D eigenvalue weighted by Crippen LogP contribution is -3.13. The topological polar surface area (TPSA) is 46.0 Å². The second-order valence-electron chi connectivity index (χ2n) is 8.10. The molecule has 1 amide bonds. The number of carbonyl (C=O) groups is 1. The van der Waals surface area contributed by atoms with Gasteiger partial charge in [-0.15, -0.1) is 0 Å². The van der Waals surface area contributed by atoms with Crippen LogP contribution in [0.4, 0.5) is 11.4 Å². The van der Waals surface area contributed by atoms with E-state index in [4.69, 9.17) is 4.74 Å². The summed E-state index contributed by atoms with van der Waals surface area (Å²) in [6.07, 6.45) is 0. The largest absolute Gasteiger partial charge is 0.484 e. The summed E-state index contributed by atoms with van der Waals surface area (Å²) >= 11 is 0. The van der Waals surface area contributed by atoms with Crippen molar-refractivity contribution in [1.29, 1.82) is 0 Å². The molecule has 0 unspecified atom stereocenters. The fourth-order valence-electron chi connectivity index (χ4n) is 3.88. The molecule has 4 rings (SSSR count). The van der Waals surface area contributed by atoms with Crippen molar-refractivity contribution >= 4 is 17.3 Å². The van der Waals surface area contributed by atoms with Crippen LogP contribution in [0.5, 0.6) is 5.75 Å². The minimum atomic E-state index is -0.161. The average Bonchev–Trinajstić information content (AvgIpc) is 2.80. The van der Waals surface area contributed by atoms with Gasteiger partial charge in [-0.1, -0.05) is 48.0 Å². The second-order valence-corrected chi connectivity index (χ2v) is 8.10. The van der Waals surface area contributed by atoms with E-state index in [2.05, 4.69) is 52.7 Å². The number of hydrogen-bond acceptors (Lipinski definition) is 3. The Bertz CT molecular complexity index is 964. The summed E-state index contributed by atoms with van der Waals surface area (Å²) in [5.41, 5.74) is 4.55. The van der Waals surface area contributed by atoms with Crippen molar-refractivity contribution in [3.05, 3.63) is 90.0 Å². The van der Waals surface area contributed by atoms with Crippen molar-refractivity contribution in [2.45, 2.75) is 13.5 Å². The summed E-state index contributed by atoms with van der Waals surface area (Å²) in [5.74, 6) is 0.538. The molecule has 0 radical (unpaired) electrons. The van der Waals surface area contributed by atoms with E-state index in [-0.39, 0.29) is 12.5 Å². The van der Waals surface area contributed by atoms with Crippen molar-refractivity contribution in [2.24, 2.45) is 0 Å². The lowest BCUT2D eigenvalue weighted by Gasteiger charge is -2.33. The maximum atomic E-state index is 12.2. The van der Waals surface area contributed by atoms with E-state index in [9.17, 15) is 4.79 Å². The Hall–Kier alpha value is -3.31. The van der Waals surface area contributed by atoms with Crippen molar-refractivity contribution in [2.75, 3.05) is 43.0 Å². The van der Waals surface area contributed by atoms with Crippen molar-refractivity contribution in [3.8, 4) is 5.75 Å². The van der Waals surface area contributed by atoms with Gasteiger partial charge in [0.15, 0.2) is 6.61 Å². The number of ether oxygens (including phenoxy) is 1. The zero-order chi connectivity index (χ0) is 21.5. The molecule has 3 aromatic rings. The molecule has 5 nitrogen and oxygen atoms in total. The Labute approximate surface area is 184 Å². The van der Waals surface area contributed by atoms with Gasteiger partial charge in [0, 0.05) is 16.9 Å². The zero-order valence-corrected chi connectivity index (χ0v) is 18.0. The monoisotopic (exact) mass is 416 g/mol. The first-order valence-corrected chi connectivity index (χ1v) is 10.9. The molecule has 1 saturated heterocycles. The standard InChI is InChI=1S/C26H29N3O2/c1-21-7-13-25(14-8-21)31-20-26(30)27-23-9-11-24(12-10-23)29-17-15-28(16-18-29)19-22-5-3-2-4-6-22/h2-14H,15-20H2,1H3,(H,27,30)/p+1. The SMILES string of the molecule is Cc1ccc(OCC(=O)Nc2ccc(N3CC[NH+](Cc4ccccc4)CC3)cc2)cc1. The molecule has 3 aromatic carbocycles. The van der Waals surface area contributed by atoms with Crippen LogP contribution in [0.25, 0.3) is 0 Å². The predicted molar refractivity (Wildman–Crippen MR) is 125 cm³/mol. The molecular formula is C26H30N3O2+. The van der Waals surface area contributed by atoms with Crippen LogP contribution in [0.15, 0.2) is 78.9 Å². The van der Waals surface area contributed by atoms with Gasteiger partial charge in [0.05, 0.1) is 26.2 Å². The first-order valence-electron chi connectivity index (χ1n) is 10.9. The summed E-state index contributed by atoms with van der Waals surface area (Å²) in [7, 11) is 0. The summed E-state index contributed by atoms with van der Waals surface area (Å²) < 4.78 is 5.54. The molecule has 0 spiro atoms. The van der Waals surface area contributed by atoms with Crippen LogP contribution in [0.2, 0.25) is 0 Å². The van der Waals surface area contributed by atoms with Crippen LogP contribution in [0.1, 0.15) is 11.1 Å². The minimum Gasteiger partial charge on any atom is -0.484 e. The Kier molecular flexibility index (Phi) is 6.85. The third kappa shape index (κ3) is 6.09. The smallest absolute Gasteiger partial charge is 0.262 e. The van der Waals surface area contributed by atoms with E-state index in [1.54, 1.807) is 4.90 Å². The highest BCUT2D eigenvalue weighted by Crippen LogP contribution is 2.18. The molecule has 0 aromatic heterocycles. The third-order valence-corrected chi connectivity index (χ3v) is 5.67. The number of amides is 1. The molecule has 1 aliphatic rings. The summed E-state index contributed by atoms with van der Waals surface area (Å²) in [5, 5.41) is 2.90. The number of nitrogens with zero attached hydrogens (tertiary/aromatic N) is 1.